The van der Waals surface area contributed by atoms with Crippen LogP contribution in [0.3, 0.4) is 0 Å². The lowest BCUT2D eigenvalue weighted by atomic mass is 10.0. The zero-order valence-corrected chi connectivity index (χ0v) is 11.8. The van der Waals surface area contributed by atoms with Crippen molar-refractivity contribution in [2.75, 3.05) is 30.7 Å². The van der Waals surface area contributed by atoms with Crippen LogP contribution in [0.25, 0.3) is 0 Å². The van der Waals surface area contributed by atoms with E-state index in [0.29, 0.717) is 5.69 Å². The largest absolute Gasteiger partial charge is 0.393 e. The van der Waals surface area contributed by atoms with Crippen LogP contribution in [0.4, 0.5) is 17.1 Å². The van der Waals surface area contributed by atoms with Crippen LogP contribution in [0.1, 0.15) is 26.2 Å². The highest BCUT2D eigenvalue weighted by Gasteiger charge is 2.23. The highest BCUT2D eigenvalue weighted by molar-refractivity contribution is 5.74. The molecule has 0 amide bonds. The summed E-state index contributed by atoms with van der Waals surface area (Å²) >= 11 is 0. The summed E-state index contributed by atoms with van der Waals surface area (Å²) in [7, 11) is 0. The molecule has 1 fully saturated rings. The van der Waals surface area contributed by atoms with Gasteiger partial charge in [0.15, 0.2) is 0 Å². The molecule has 0 aliphatic carbocycles. The van der Waals surface area contributed by atoms with Crippen LogP contribution in [0, 0.1) is 10.1 Å². The number of nitrogens with one attached hydrogen (secondary N) is 1. The van der Waals surface area contributed by atoms with Crippen molar-refractivity contribution < 1.29 is 4.92 Å². The number of nitro benzene ring substituents is 1. The summed E-state index contributed by atoms with van der Waals surface area (Å²) in [6, 6.07) is 5.32. The van der Waals surface area contributed by atoms with E-state index in [1.54, 1.807) is 18.2 Å². The summed E-state index contributed by atoms with van der Waals surface area (Å²) in [5, 5.41) is 14.4. The van der Waals surface area contributed by atoms with Crippen LogP contribution in [0.15, 0.2) is 18.2 Å². The molecule has 6 heteroatoms. The van der Waals surface area contributed by atoms with E-state index in [1.165, 1.54) is 6.42 Å². The van der Waals surface area contributed by atoms with Gasteiger partial charge < -0.3 is 16.0 Å². The van der Waals surface area contributed by atoms with Crippen molar-refractivity contribution in [3.63, 3.8) is 0 Å². The van der Waals surface area contributed by atoms with Crippen molar-refractivity contribution >= 4 is 17.1 Å². The first-order valence-corrected chi connectivity index (χ1v) is 7.13. The van der Waals surface area contributed by atoms with Crippen molar-refractivity contribution in [1.29, 1.82) is 0 Å². The van der Waals surface area contributed by atoms with E-state index in [9.17, 15) is 10.1 Å². The van der Waals surface area contributed by atoms with E-state index >= 15 is 0 Å². The van der Waals surface area contributed by atoms with Gasteiger partial charge in [-0.2, -0.15) is 0 Å². The molecule has 2 rings (SSSR count). The van der Waals surface area contributed by atoms with Gasteiger partial charge in [-0.25, -0.2) is 0 Å². The predicted molar refractivity (Wildman–Crippen MR) is 80.9 cm³/mol. The molecule has 20 heavy (non-hydrogen) atoms. The first-order chi connectivity index (χ1) is 9.61. The molecule has 6 nitrogen and oxygen atoms in total. The Kier molecular flexibility index (Phi) is 4.79. The zero-order valence-electron chi connectivity index (χ0n) is 11.8. The number of nitrogen functional groups attached to an aromatic ring is 1. The monoisotopic (exact) mass is 278 g/mol. The van der Waals surface area contributed by atoms with Gasteiger partial charge in [0.25, 0.3) is 0 Å². The number of nitrogens with zero attached hydrogens (tertiary/aromatic N) is 2. The molecule has 0 spiro atoms. The molecular formula is C14H22N4O2. The minimum Gasteiger partial charge on any atom is -0.393 e. The number of nitro groups is 1. The Balaban J connectivity index is 2.01. The van der Waals surface area contributed by atoms with Gasteiger partial charge in [-0.1, -0.05) is 13.0 Å². The van der Waals surface area contributed by atoms with E-state index in [4.69, 9.17) is 5.73 Å². The average molecular weight is 278 g/mol. The second-order valence-corrected chi connectivity index (χ2v) is 5.26. The molecule has 0 radical (unpaired) electrons. The molecule has 1 aromatic carbocycles. The highest BCUT2D eigenvalue weighted by atomic mass is 16.6. The molecule has 3 N–H and O–H groups in total. The van der Waals surface area contributed by atoms with E-state index in [-0.39, 0.29) is 17.4 Å². The molecule has 0 unspecified atom stereocenters. The summed E-state index contributed by atoms with van der Waals surface area (Å²) in [5.74, 6) is 0. The Morgan fingerprint density at radius 1 is 1.45 bits per heavy atom. The maximum atomic E-state index is 11.1. The molecule has 1 saturated heterocycles. The second kappa shape index (κ2) is 6.56. The third kappa shape index (κ3) is 3.39. The van der Waals surface area contributed by atoms with E-state index in [0.717, 1.165) is 32.5 Å². The van der Waals surface area contributed by atoms with Crippen molar-refractivity contribution in [2.24, 2.45) is 0 Å². The molecule has 1 aliphatic rings. The summed E-state index contributed by atoms with van der Waals surface area (Å²) < 4.78 is 0. The minimum atomic E-state index is -0.413. The SMILES string of the molecule is CCCN1CCC(Nc2cccc(N)c2[N+](=O)[O-])CC1. The Hall–Kier alpha value is -1.82. The number of benzene rings is 1. The second-order valence-electron chi connectivity index (χ2n) is 5.26. The molecular weight excluding hydrogens is 256 g/mol. The van der Waals surface area contributed by atoms with Gasteiger partial charge in [0.1, 0.15) is 11.4 Å². The van der Waals surface area contributed by atoms with Gasteiger partial charge in [0.05, 0.1) is 4.92 Å². The van der Waals surface area contributed by atoms with Gasteiger partial charge in [-0.3, -0.25) is 10.1 Å². The summed E-state index contributed by atoms with van der Waals surface area (Å²) in [5.41, 5.74) is 6.43. The van der Waals surface area contributed by atoms with Crippen molar-refractivity contribution in [2.45, 2.75) is 32.2 Å². The molecule has 1 aromatic rings. The Bertz CT molecular complexity index is 470. The third-order valence-electron chi connectivity index (χ3n) is 3.74. The first-order valence-electron chi connectivity index (χ1n) is 7.13. The smallest absolute Gasteiger partial charge is 0.314 e. The maximum absolute atomic E-state index is 11.1. The quantitative estimate of drug-likeness (QED) is 0.491. The molecule has 0 aromatic heterocycles. The molecule has 1 heterocycles. The van der Waals surface area contributed by atoms with Gasteiger partial charge in [0.2, 0.25) is 0 Å². The average Bonchev–Trinajstić information content (AvgIpc) is 2.41. The molecule has 0 bridgehead atoms. The van der Waals surface area contributed by atoms with Crippen molar-refractivity contribution in [1.82, 2.24) is 4.90 Å². The topological polar surface area (TPSA) is 84.4 Å². The van der Waals surface area contributed by atoms with E-state index < -0.39 is 4.92 Å². The van der Waals surface area contributed by atoms with Crippen LogP contribution in [0.2, 0.25) is 0 Å². The van der Waals surface area contributed by atoms with Crippen LogP contribution in [-0.2, 0) is 0 Å². The lowest BCUT2D eigenvalue weighted by Gasteiger charge is -2.32. The van der Waals surface area contributed by atoms with E-state index in [2.05, 4.69) is 17.1 Å². The van der Waals surface area contributed by atoms with Gasteiger partial charge in [-0.05, 0) is 37.9 Å². The number of nitrogens with two attached hydrogens (primary N) is 1. The molecule has 110 valence electrons. The zero-order chi connectivity index (χ0) is 14.5. The van der Waals surface area contributed by atoms with Gasteiger partial charge in [-0.15, -0.1) is 0 Å². The number of hydrogen-bond acceptors (Lipinski definition) is 5. The number of piperidine rings is 1. The number of likely N-dealkylation sites (tertiary alicyclic amines) is 1. The fourth-order valence-electron chi connectivity index (χ4n) is 2.72. The molecule has 0 atom stereocenters. The summed E-state index contributed by atoms with van der Waals surface area (Å²) in [4.78, 5) is 13.1. The Labute approximate surface area is 119 Å². The fraction of sp³-hybridized carbons (Fsp3) is 0.571. The molecule has 1 aliphatic heterocycles. The number of para-hydroxylation sites is 1. The minimum absolute atomic E-state index is 0.0107. The predicted octanol–water partition coefficient (Wildman–Crippen LogP) is 2.46. The standard InChI is InChI=1S/C14H22N4O2/c1-2-8-17-9-6-11(7-10-17)16-13-5-3-4-12(15)14(13)18(19)20/h3-5,11,16H,2,6-10,15H2,1H3. The van der Waals surface area contributed by atoms with Crippen LogP contribution >= 0.6 is 0 Å². The van der Waals surface area contributed by atoms with Crippen LogP contribution < -0.4 is 11.1 Å². The number of rotatable bonds is 5. The van der Waals surface area contributed by atoms with Gasteiger partial charge >= 0.3 is 5.69 Å². The van der Waals surface area contributed by atoms with Crippen LogP contribution in [0.5, 0.6) is 0 Å². The summed E-state index contributed by atoms with van der Waals surface area (Å²) in [6.45, 7) is 5.40. The number of anilines is 2. The van der Waals surface area contributed by atoms with Crippen LogP contribution in [-0.4, -0.2) is 35.5 Å². The van der Waals surface area contributed by atoms with E-state index in [1.807, 2.05) is 0 Å². The molecule has 0 saturated carbocycles. The third-order valence-corrected chi connectivity index (χ3v) is 3.74. The Morgan fingerprint density at radius 2 is 2.15 bits per heavy atom. The maximum Gasteiger partial charge on any atom is 0.314 e. The first kappa shape index (κ1) is 14.6. The number of hydrogen-bond donors (Lipinski definition) is 2. The summed E-state index contributed by atoms with van der Waals surface area (Å²) in [6.07, 6.45) is 3.18. The lowest BCUT2D eigenvalue weighted by Crippen LogP contribution is -2.39. The van der Waals surface area contributed by atoms with Crippen molar-refractivity contribution in [3.8, 4) is 0 Å². The van der Waals surface area contributed by atoms with Crippen molar-refractivity contribution in [3.05, 3.63) is 28.3 Å². The Morgan fingerprint density at radius 3 is 2.75 bits per heavy atom. The lowest BCUT2D eigenvalue weighted by molar-refractivity contribution is -0.383. The fourth-order valence-corrected chi connectivity index (χ4v) is 2.72. The van der Waals surface area contributed by atoms with Gasteiger partial charge in [0, 0.05) is 19.1 Å². The normalized spacial score (nSPS) is 17.1. The highest BCUT2D eigenvalue weighted by Crippen LogP contribution is 2.31.